The van der Waals surface area contributed by atoms with E-state index in [1.807, 2.05) is 19.0 Å². The number of pyridine rings is 1. The molecule has 0 bridgehead atoms. The molecule has 1 atom stereocenters. The number of hydrogen-bond donors (Lipinski definition) is 3. The summed E-state index contributed by atoms with van der Waals surface area (Å²) in [6.07, 6.45) is 7.79. The van der Waals surface area contributed by atoms with Gasteiger partial charge in [0.25, 0.3) is 0 Å². The molecule has 0 fully saturated rings. The number of anilines is 3. The summed E-state index contributed by atoms with van der Waals surface area (Å²) in [5.74, 6) is 7.25. The molecular weight excluding hydrogens is 472 g/mol. The Labute approximate surface area is 218 Å². The highest BCUT2D eigenvalue weighted by atomic mass is 16.5. The fourth-order valence-electron chi connectivity index (χ4n) is 2.99. The van der Waals surface area contributed by atoms with Gasteiger partial charge in [-0.1, -0.05) is 17.9 Å². The summed E-state index contributed by atoms with van der Waals surface area (Å²) in [5, 5.41) is 9.01. The van der Waals surface area contributed by atoms with Crippen molar-refractivity contribution in [3.05, 3.63) is 42.2 Å². The molecule has 2 aromatic rings. The van der Waals surface area contributed by atoms with Crippen molar-refractivity contribution in [2.75, 3.05) is 59.0 Å². The van der Waals surface area contributed by atoms with Crippen LogP contribution >= 0.6 is 0 Å². The first-order valence-electron chi connectivity index (χ1n) is 11.9. The molecule has 2 heterocycles. The molecule has 0 aliphatic rings. The minimum atomic E-state index is -0.571. The Morgan fingerprint density at radius 1 is 1.24 bits per heavy atom. The van der Waals surface area contributed by atoms with E-state index in [9.17, 15) is 9.59 Å². The zero-order chi connectivity index (χ0) is 27.2. The summed E-state index contributed by atoms with van der Waals surface area (Å²) in [6, 6.07) is 2.96. The van der Waals surface area contributed by atoms with Crippen molar-refractivity contribution in [2.45, 2.75) is 25.8 Å². The zero-order valence-electron chi connectivity index (χ0n) is 22.3. The third-order valence-corrected chi connectivity index (χ3v) is 5.27. The molecule has 0 saturated heterocycles. The van der Waals surface area contributed by atoms with E-state index in [1.54, 1.807) is 58.7 Å². The number of ether oxygens (including phenoxy) is 1. The molecule has 37 heavy (non-hydrogen) atoms. The first-order chi connectivity index (χ1) is 17.7. The van der Waals surface area contributed by atoms with Gasteiger partial charge in [-0.2, -0.15) is 4.98 Å². The highest BCUT2D eigenvalue weighted by Crippen LogP contribution is 2.19. The van der Waals surface area contributed by atoms with Gasteiger partial charge in [0.05, 0.1) is 18.9 Å². The molecule has 3 N–H and O–H groups in total. The van der Waals surface area contributed by atoms with E-state index >= 15 is 0 Å². The average Bonchev–Trinajstić information content (AvgIpc) is 2.89. The Hall–Kier alpha value is -4.17. The van der Waals surface area contributed by atoms with Gasteiger partial charge in [-0.3, -0.25) is 9.59 Å². The second-order valence-corrected chi connectivity index (χ2v) is 8.40. The number of rotatable bonds is 12. The van der Waals surface area contributed by atoms with Crippen LogP contribution in [0, 0.1) is 11.8 Å². The van der Waals surface area contributed by atoms with Gasteiger partial charge < -0.3 is 30.5 Å². The van der Waals surface area contributed by atoms with E-state index in [-0.39, 0.29) is 11.8 Å². The van der Waals surface area contributed by atoms with Crippen LogP contribution in [-0.2, 0) is 9.59 Å². The number of methoxy groups -OCH3 is 1. The van der Waals surface area contributed by atoms with Crippen molar-refractivity contribution < 1.29 is 14.3 Å². The summed E-state index contributed by atoms with van der Waals surface area (Å²) in [6.45, 7) is 2.82. The van der Waals surface area contributed by atoms with Gasteiger partial charge in [-0.15, -0.1) is 0 Å². The highest BCUT2D eigenvalue weighted by molar-refractivity contribution is 5.92. The number of amides is 2. The predicted octanol–water partition coefficient (Wildman–Crippen LogP) is 1.88. The van der Waals surface area contributed by atoms with Crippen molar-refractivity contribution in [1.29, 1.82) is 0 Å². The summed E-state index contributed by atoms with van der Waals surface area (Å²) in [7, 11) is 8.78. The van der Waals surface area contributed by atoms with Crippen molar-refractivity contribution in [1.82, 2.24) is 30.1 Å². The van der Waals surface area contributed by atoms with Crippen LogP contribution in [0.5, 0.6) is 5.88 Å². The molecular formula is C26H36N8O3. The Morgan fingerprint density at radius 2 is 2.03 bits per heavy atom. The molecule has 2 amide bonds. The molecule has 2 rings (SSSR count). The Balaban J connectivity index is 1.82. The van der Waals surface area contributed by atoms with Crippen molar-refractivity contribution in [3.63, 3.8) is 0 Å². The monoisotopic (exact) mass is 508 g/mol. The van der Waals surface area contributed by atoms with Crippen LogP contribution in [0.3, 0.4) is 0 Å². The van der Waals surface area contributed by atoms with Gasteiger partial charge in [-0.25, -0.2) is 9.97 Å². The fraction of sp³-hybridized carbons (Fsp3) is 0.423. The lowest BCUT2D eigenvalue weighted by Gasteiger charge is -2.23. The standard InChI is InChI=1S/C26H36N8O3/c1-19(34(5)23(35)12-10-16-33(3)4)25(36)29-14-9-7-8-11-20-18-30-26(32-24(20)27-2)31-21-13-15-28-22(17-21)37-6/h10,12-13,15,17-19H,7,9,14,16H2,1-6H3,(H,29,36)(H2,27,28,30,31,32)/t19-/m0/s1. The maximum atomic E-state index is 12.4. The van der Waals surface area contributed by atoms with Gasteiger partial charge in [0.2, 0.25) is 23.6 Å². The molecule has 0 aliphatic carbocycles. The minimum absolute atomic E-state index is 0.203. The first kappa shape index (κ1) is 29.1. The summed E-state index contributed by atoms with van der Waals surface area (Å²) >= 11 is 0. The lowest BCUT2D eigenvalue weighted by atomic mass is 10.2. The van der Waals surface area contributed by atoms with Crippen LogP contribution in [-0.4, -0.2) is 91.0 Å². The van der Waals surface area contributed by atoms with Crippen LogP contribution in [0.25, 0.3) is 0 Å². The predicted molar refractivity (Wildman–Crippen MR) is 145 cm³/mol. The van der Waals surface area contributed by atoms with Crippen LogP contribution in [0.1, 0.15) is 25.3 Å². The quantitative estimate of drug-likeness (QED) is 0.224. The van der Waals surface area contributed by atoms with E-state index in [0.29, 0.717) is 49.1 Å². The maximum Gasteiger partial charge on any atom is 0.246 e. The molecule has 11 heteroatoms. The molecule has 2 aromatic heterocycles. The second-order valence-electron chi connectivity index (χ2n) is 8.40. The van der Waals surface area contributed by atoms with E-state index in [1.165, 1.54) is 11.0 Å². The fourth-order valence-corrected chi connectivity index (χ4v) is 2.99. The number of carbonyl (C=O) groups excluding carboxylic acids is 2. The van der Waals surface area contributed by atoms with Crippen LogP contribution in [0.2, 0.25) is 0 Å². The van der Waals surface area contributed by atoms with Gasteiger partial charge in [0.15, 0.2) is 0 Å². The third kappa shape index (κ3) is 9.77. The number of hydrogen-bond acceptors (Lipinski definition) is 9. The number of carbonyl (C=O) groups is 2. The normalized spacial score (nSPS) is 11.4. The molecule has 0 aliphatic heterocycles. The maximum absolute atomic E-state index is 12.4. The summed E-state index contributed by atoms with van der Waals surface area (Å²) < 4.78 is 5.13. The lowest BCUT2D eigenvalue weighted by molar-refractivity contribution is -0.135. The Bertz CT molecular complexity index is 1140. The minimum Gasteiger partial charge on any atom is -0.481 e. The Kier molecular flexibility index (Phi) is 11.8. The van der Waals surface area contributed by atoms with Gasteiger partial charge in [0.1, 0.15) is 11.9 Å². The molecule has 11 nitrogen and oxygen atoms in total. The third-order valence-electron chi connectivity index (χ3n) is 5.27. The van der Waals surface area contributed by atoms with Crippen molar-refractivity contribution in [3.8, 4) is 17.7 Å². The highest BCUT2D eigenvalue weighted by Gasteiger charge is 2.20. The Morgan fingerprint density at radius 3 is 2.73 bits per heavy atom. The number of aromatic nitrogens is 3. The molecule has 0 radical (unpaired) electrons. The number of likely N-dealkylation sites (N-methyl/N-ethyl adjacent to an activating group) is 2. The summed E-state index contributed by atoms with van der Waals surface area (Å²) in [4.78, 5) is 40.8. The molecule has 198 valence electrons. The number of unbranched alkanes of at least 4 members (excludes halogenated alkanes) is 1. The molecule has 0 spiro atoms. The molecule has 0 saturated carbocycles. The van der Waals surface area contributed by atoms with Crippen LogP contribution < -0.4 is 20.7 Å². The average molecular weight is 509 g/mol. The molecule has 0 aromatic carbocycles. The van der Waals surface area contributed by atoms with E-state index in [2.05, 4.69) is 42.7 Å². The van der Waals surface area contributed by atoms with Crippen LogP contribution in [0.4, 0.5) is 17.5 Å². The topological polar surface area (TPSA) is 125 Å². The second kappa shape index (κ2) is 15.1. The zero-order valence-corrected chi connectivity index (χ0v) is 22.3. The smallest absolute Gasteiger partial charge is 0.246 e. The van der Waals surface area contributed by atoms with Crippen LogP contribution in [0.15, 0.2) is 36.7 Å². The number of nitrogens with one attached hydrogen (secondary N) is 3. The molecule has 0 unspecified atom stereocenters. The van der Waals surface area contributed by atoms with Gasteiger partial charge in [0, 0.05) is 57.6 Å². The van der Waals surface area contributed by atoms with Crippen molar-refractivity contribution in [2.24, 2.45) is 0 Å². The van der Waals surface area contributed by atoms with Gasteiger partial charge >= 0.3 is 0 Å². The van der Waals surface area contributed by atoms with E-state index in [0.717, 1.165) is 5.69 Å². The van der Waals surface area contributed by atoms with E-state index in [4.69, 9.17) is 4.74 Å². The summed E-state index contributed by atoms with van der Waals surface area (Å²) in [5.41, 5.74) is 1.42. The van der Waals surface area contributed by atoms with E-state index < -0.39 is 6.04 Å². The van der Waals surface area contributed by atoms with Gasteiger partial charge in [-0.05, 0) is 33.5 Å². The number of nitrogens with zero attached hydrogens (tertiary/aromatic N) is 5. The van der Waals surface area contributed by atoms with Crippen molar-refractivity contribution >= 4 is 29.3 Å². The SMILES string of the molecule is CNc1nc(Nc2ccnc(OC)c2)ncc1C#CCCCNC(=O)[C@H](C)N(C)C(=O)C=CCN(C)C. The largest absolute Gasteiger partial charge is 0.481 e. The first-order valence-corrected chi connectivity index (χ1v) is 11.9. The lowest BCUT2D eigenvalue weighted by Crippen LogP contribution is -2.45.